The minimum Gasteiger partial charge on any atom is -0.338 e. The molecule has 0 atom stereocenters. The number of hydrogen-bond donors (Lipinski definition) is 0. The molecule has 1 aromatic rings. The van der Waals surface area contributed by atoms with Crippen LogP contribution in [-0.2, 0) is 11.3 Å². The number of amides is 1. The third-order valence-electron chi connectivity index (χ3n) is 4.02. The fourth-order valence-electron chi connectivity index (χ4n) is 2.90. The Bertz CT molecular complexity index is 527. The molecule has 20 heavy (non-hydrogen) atoms. The van der Waals surface area contributed by atoms with E-state index in [1.807, 2.05) is 25.1 Å². The zero-order valence-corrected chi connectivity index (χ0v) is 12.2. The molecule has 1 amide bonds. The zero-order chi connectivity index (χ0) is 14.6. The lowest BCUT2D eigenvalue weighted by Gasteiger charge is -2.33. The third kappa shape index (κ3) is 2.98. The summed E-state index contributed by atoms with van der Waals surface area (Å²) in [5.74, 6) is -0.0528. The van der Waals surface area contributed by atoms with E-state index >= 15 is 0 Å². The van der Waals surface area contributed by atoms with Crippen LogP contribution in [0.2, 0.25) is 0 Å². The van der Waals surface area contributed by atoms with Crippen LogP contribution in [0.5, 0.6) is 0 Å². The first-order valence-corrected chi connectivity index (χ1v) is 7.17. The Morgan fingerprint density at radius 2 is 2.10 bits per heavy atom. The fourth-order valence-corrected chi connectivity index (χ4v) is 2.90. The number of nitrogens with zero attached hydrogens (tertiary/aromatic N) is 3. The maximum absolute atomic E-state index is 12.6. The molecule has 0 spiro atoms. The van der Waals surface area contributed by atoms with Crippen LogP contribution >= 0.6 is 0 Å². The third-order valence-corrected chi connectivity index (χ3v) is 4.02. The lowest BCUT2D eigenvalue weighted by molar-refractivity contribution is -0.139. The Balaban J connectivity index is 2.10. The Morgan fingerprint density at radius 3 is 2.70 bits per heavy atom. The molecular formula is C16H21N3O. The molecule has 0 aromatic carbocycles. The number of nitriles is 1. The van der Waals surface area contributed by atoms with E-state index in [9.17, 15) is 10.1 Å². The van der Waals surface area contributed by atoms with Crippen LogP contribution in [0.25, 0.3) is 0 Å². The van der Waals surface area contributed by atoms with Gasteiger partial charge in [-0.05, 0) is 31.9 Å². The lowest BCUT2D eigenvalue weighted by atomic mass is 9.74. The van der Waals surface area contributed by atoms with Gasteiger partial charge in [0.25, 0.3) is 0 Å². The van der Waals surface area contributed by atoms with E-state index in [1.165, 1.54) is 0 Å². The lowest BCUT2D eigenvalue weighted by Crippen LogP contribution is -2.42. The van der Waals surface area contributed by atoms with Gasteiger partial charge in [-0.1, -0.05) is 25.3 Å². The highest BCUT2D eigenvalue weighted by Crippen LogP contribution is 2.37. The van der Waals surface area contributed by atoms with Crippen molar-refractivity contribution in [3.8, 4) is 6.07 Å². The Morgan fingerprint density at radius 1 is 1.40 bits per heavy atom. The van der Waals surface area contributed by atoms with Crippen LogP contribution in [0.1, 0.15) is 43.5 Å². The molecule has 0 N–H and O–H groups in total. The molecule has 0 radical (unpaired) electrons. The molecule has 106 valence electrons. The quantitative estimate of drug-likeness (QED) is 0.849. The molecular weight excluding hydrogens is 250 g/mol. The summed E-state index contributed by atoms with van der Waals surface area (Å²) in [7, 11) is 1.76. The molecule has 4 nitrogen and oxygen atoms in total. The Hall–Kier alpha value is -1.89. The molecule has 1 fully saturated rings. The van der Waals surface area contributed by atoms with Crippen LogP contribution in [0.15, 0.2) is 18.2 Å². The van der Waals surface area contributed by atoms with Crippen molar-refractivity contribution >= 4 is 5.91 Å². The average molecular weight is 271 g/mol. The van der Waals surface area contributed by atoms with Crippen molar-refractivity contribution in [2.24, 2.45) is 5.41 Å². The highest BCUT2D eigenvalue weighted by molar-refractivity contribution is 5.85. The second-order valence-corrected chi connectivity index (χ2v) is 5.69. The van der Waals surface area contributed by atoms with Gasteiger partial charge >= 0.3 is 0 Å². The molecule has 1 aliphatic rings. The molecule has 1 heterocycles. The van der Waals surface area contributed by atoms with Gasteiger partial charge in [0, 0.05) is 12.7 Å². The zero-order valence-electron chi connectivity index (χ0n) is 12.2. The molecule has 0 bridgehead atoms. The monoisotopic (exact) mass is 271 g/mol. The number of pyridine rings is 1. The summed E-state index contributed by atoms with van der Waals surface area (Å²) < 4.78 is 0. The standard InChI is InChI=1S/C16H21N3O/c1-13-7-6-8-14(18-13)11-19(2)15(20)16(12-17)9-4-3-5-10-16/h6-8H,3-5,9-11H2,1-2H3. The van der Waals surface area contributed by atoms with Crippen LogP contribution in [-0.4, -0.2) is 22.8 Å². The molecule has 0 aliphatic heterocycles. The number of aromatic nitrogens is 1. The second kappa shape index (κ2) is 6.04. The smallest absolute Gasteiger partial charge is 0.243 e. The largest absolute Gasteiger partial charge is 0.338 e. The van der Waals surface area contributed by atoms with Crippen LogP contribution in [0.4, 0.5) is 0 Å². The van der Waals surface area contributed by atoms with Gasteiger partial charge in [0.05, 0.1) is 18.3 Å². The second-order valence-electron chi connectivity index (χ2n) is 5.69. The Kier molecular flexibility index (Phi) is 4.39. The molecule has 1 aliphatic carbocycles. The molecule has 4 heteroatoms. The summed E-state index contributed by atoms with van der Waals surface area (Å²) in [5, 5.41) is 9.46. The first-order valence-electron chi connectivity index (χ1n) is 7.17. The van der Waals surface area contributed by atoms with E-state index in [1.54, 1.807) is 11.9 Å². The van der Waals surface area contributed by atoms with E-state index in [2.05, 4.69) is 11.1 Å². The summed E-state index contributed by atoms with van der Waals surface area (Å²) in [6.45, 7) is 2.40. The SMILES string of the molecule is Cc1cccc(CN(C)C(=O)C2(C#N)CCCCC2)n1. The maximum Gasteiger partial charge on any atom is 0.243 e. The van der Waals surface area contributed by atoms with E-state index in [-0.39, 0.29) is 5.91 Å². The molecule has 1 saturated carbocycles. The minimum atomic E-state index is -0.809. The van der Waals surface area contributed by atoms with E-state index < -0.39 is 5.41 Å². The number of carbonyl (C=O) groups is 1. The van der Waals surface area contributed by atoms with Crippen LogP contribution in [0.3, 0.4) is 0 Å². The van der Waals surface area contributed by atoms with Crippen molar-refractivity contribution in [1.29, 1.82) is 5.26 Å². The number of hydrogen-bond acceptors (Lipinski definition) is 3. The van der Waals surface area contributed by atoms with Gasteiger partial charge < -0.3 is 4.90 Å². The van der Waals surface area contributed by atoms with Gasteiger partial charge in [-0.25, -0.2) is 0 Å². The molecule has 0 saturated heterocycles. The Labute approximate surface area is 120 Å². The number of aryl methyl sites for hydroxylation is 1. The maximum atomic E-state index is 12.6. The number of rotatable bonds is 3. The van der Waals surface area contributed by atoms with Crippen molar-refractivity contribution in [2.75, 3.05) is 7.05 Å². The van der Waals surface area contributed by atoms with Crippen LogP contribution < -0.4 is 0 Å². The van der Waals surface area contributed by atoms with Crippen molar-refractivity contribution in [3.63, 3.8) is 0 Å². The van der Waals surface area contributed by atoms with Gasteiger partial charge in [0.2, 0.25) is 5.91 Å². The van der Waals surface area contributed by atoms with Crippen molar-refractivity contribution in [2.45, 2.75) is 45.6 Å². The van der Waals surface area contributed by atoms with Gasteiger partial charge in [0.1, 0.15) is 5.41 Å². The summed E-state index contributed by atoms with van der Waals surface area (Å²) in [6.07, 6.45) is 4.44. The summed E-state index contributed by atoms with van der Waals surface area (Å²) in [6, 6.07) is 8.07. The summed E-state index contributed by atoms with van der Waals surface area (Å²) in [5.41, 5.74) is 0.998. The van der Waals surface area contributed by atoms with Gasteiger partial charge in [0.15, 0.2) is 0 Å². The minimum absolute atomic E-state index is 0.0528. The predicted molar refractivity (Wildman–Crippen MR) is 76.6 cm³/mol. The molecule has 1 aromatic heterocycles. The van der Waals surface area contributed by atoms with E-state index in [0.717, 1.165) is 30.7 Å². The predicted octanol–water partition coefficient (Wildman–Crippen LogP) is 2.82. The molecule has 0 unspecified atom stereocenters. The molecule has 2 rings (SSSR count). The highest BCUT2D eigenvalue weighted by atomic mass is 16.2. The average Bonchev–Trinajstić information content (AvgIpc) is 2.47. The topological polar surface area (TPSA) is 57.0 Å². The summed E-state index contributed by atoms with van der Waals surface area (Å²) in [4.78, 5) is 18.7. The van der Waals surface area contributed by atoms with Crippen LogP contribution in [0, 0.1) is 23.7 Å². The van der Waals surface area contributed by atoms with Crippen molar-refractivity contribution in [3.05, 3.63) is 29.6 Å². The first-order chi connectivity index (χ1) is 9.57. The van der Waals surface area contributed by atoms with Gasteiger partial charge in [-0.2, -0.15) is 5.26 Å². The van der Waals surface area contributed by atoms with E-state index in [0.29, 0.717) is 19.4 Å². The highest BCUT2D eigenvalue weighted by Gasteiger charge is 2.41. The van der Waals surface area contributed by atoms with E-state index in [4.69, 9.17) is 0 Å². The first kappa shape index (κ1) is 14.5. The van der Waals surface area contributed by atoms with Gasteiger partial charge in [-0.3, -0.25) is 9.78 Å². The van der Waals surface area contributed by atoms with Crippen molar-refractivity contribution < 1.29 is 4.79 Å². The summed E-state index contributed by atoms with van der Waals surface area (Å²) >= 11 is 0. The fraction of sp³-hybridized carbons (Fsp3) is 0.562. The normalized spacial score (nSPS) is 17.2. The van der Waals surface area contributed by atoms with Gasteiger partial charge in [-0.15, -0.1) is 0 Å². The number of carbonyl (C=O) groups excluding carboxylic acids is 1. The van der Waals surface area contributed by atoms with Crippen molar-refractivity contribution in [1.82, 2.24) is 9.88 Å².